The number of hydrogen-bond donors (Lipinski definition) is 2. The summed E-state index contributed by atoms with van der Waals surface area (Å²) in [4.78, 5) is 26.5. The van der Waals surface area contributed by atoms with Crippen molar-refractivity contribution in [3.05, 3.63) is 29.8 Å². The smallest absolute Gasteiger partial charge is 0.285 e. The first kappa shape index (κ1) is 18.0. The molecule has 27 heavy (non-hydrogen) atoms. The molecule has 2 N–H and O–H groups in total. The molecule has 4 rings (SSSR count). The molecule has 2 heterocycles. The van der Waals surface area contributed by atoms with Crippen molar-refractivity contribution in [2.75, 3.05) is 13.1 Å². The van der Waals surface area contributed by atoms with E-state index in [4.69, 9.17) is 0 Å². The average molecular weight is 390 g/mol. The van der Waals surface area contributed by atoms with E-state index in [0.29, 0.717) is 24.4 Å². The van der Waals surface area contributed by atoms with Gasteiger partial charge in [-0.3, -0.25) is 9.59 Å². The van der Waals surface area contributed by atoms with Gasteiger partial charge in [0.1, 0.15) is 10.9 Å². The first-order chi connectivity index (χ1) is 13.0. The van der Waals surface area contributed by atoms with Crippen LogP contribution in [-0.4, -0.2) is 56.1 Å². The molecule has 1 aromatic rings. The Morgan fingerprint density at radius 2 is 1.93 bits per heavy atom. The van der Waals surface area contributed by atoms with Crippen molar-refractivity contribution in [2.24, 2.45) is 4.40 Å². The Balaban J connectivity index is 1.51. The Morgan fingerprint density at radius 1 is 1.15 bits per heavy atom. The molecule has 1 aromatic carbocycles. The summed E-state index contributed by atoms with van der Waals surface area (Å²) in [7, 11) is -3.74. The second-order valence-electron chi connectivity index (χ2n) is 7.15. The van der Waals surface area contributed by atoms with Gasteiger partial charge in [0, 0.05) is 18.2 Å². The first-order valence-corrected chi connectivity index (χ1v) is 10.7. The molecule has 0 radical (unpaired) electrons. The van der Waals surface area contributed by atoms with Crippen molar-refractivity contribution in [1.82, 2.24) is 15.5 Å². The lowest BCUT2D eigenvalue weighted by Gasteiger charge is -2.36. The lowest BCUT2D eigenvalue weighted by atomic mass is 9.99. The van der Waals surface area contributed by atoms with Gasteiger partial charge < -0.3 is 15.5 Å². The Kier molecular flexibility index (Phi) is 4.63. The van der Waals surface area contributed by atoms with Crippen molar-refractivity contribution >= 4 is 27.7 Å². The van der Waals surface area contributed by atoms with Crippen LogP contribution in [0.25, 0.3) is 0 Å². The molecule has 0 unspecified atom stereocenters. The molecule has 144 valence electrons. The number of sulfonamides is 1. The Hall–Kier alpha value is -2.42. The third-order valence-electron chi connectivity index (χ3n) is 5.06. The van der Waals surface area contributed by atoms with E-state index >= 15 is 0 Å². The number of likely N-dealkylation sites (tertiary alicyclic amines) is 1. The van der Waals surface area contributed by atoms with Crippen LogP contribution < -0.4 is 10.6 Å². The predicted molar refractivity (Wildman–Crippen MR) is 98.7 cm³/mol. The van der Waals surface area contributed by atoms with E-state index in [1.54, 1.807) is 23.1 Å². The average Bonchev–Trinajstić information content (AvgIpc) is 3.43. The summed E-state index contributed by atoms with van der Waals surface area (Å²) in [5.74, 6) is -0.141. The summed E-state index contributed by atoms with van der Waals surface area (Å²) in [6.07, 6.45) is 4.29. The van der Waals surface area contributed by atoms with Crippen LogP contribution in [0.1, 0.15) is 37.7 Å². The van der Waals surface area contributed by atoms with Gasteiger partial charge >= 0.3 is 0 Å². The number of rotatable bonds is 4. The maximum absolute atomic E-state index is 12.7. The topological polar surface area (TPSA) is 108 Å². The minimum atomic E-state index is -3.74. The number of nitrogens with one attached hydrogen (secondary N) is 2. The summed E-state index contributed by atoms with van der Waals surface area (Å²) < 4.78 is 28.6. The molecule has 2 amide bonds. The van der Waals surface area contributed by atoms with Gasteiger partial charge in [0.15, 0.2) is 5.84 Å². The Bertz CT molecular complexity index is 908. The van der Waals surface area contributed by atoms with Crippen LogP contribution in [0.4, 0.5) is 0 Å². The Morgan fingerprint density at radius 3 is 2.70 bits per heavy atom. The summed E-state index contributed by atoms with van der Waals surface area (Å²) in [6.45, 7) is 0.482. The van der Waals surface area contributed by atoms with Gasteiger partial charge in [0.25, 0.3) is 10.0 Å². The van der Waals surface area contributed by atoms with Gasteiger partial charge in [-0.1, -0.05) is 12.1 Å². The predicted octanol–water partition coefficient (Wildman–Crippen LogP) is 0.385. The Labute approximate surface area is 158 Å². The second kappa shape index (κ2) is 6.95. The van der Waals surface area contributed by atoms with Crippen LogP contribution in [0.2, 0.25) is 0 Å². The van der Waals surface area contributed by atoms with Crippen molar-refractivity contribution in [2.45, 2.75) is 49.1 Å². The number of carbonyl (C=O) groups excluding carboxylic acids is 2. The lowest BCUT2D eigenvalue weighted by Crippen LogP contribution is -2.53. The highest BCUT2D eigenvalue weighted by Gasteiger charge is 2.38. The molecule has 0 spiro atoms. The highest BCUT2D eigenvalue weighted by atomic mass is 32.2. The molecule has 0 aromatic heterocycles. The van der Waals surface area contributed by atoms with Crippen LogP contribution in [0.15, 0.2) is 33.6 Å². The molecule has 1 atom stereocenters. The van der Waals surface area contributed by atoms with Crippen molar-refractivity contribution in [1.29, 1.82) is 0 Å². The fourth-order valence-electron chi connectivity index (χ4n) is 3.54. The number of benzene rings is 1. The monoisotopic (exact) mass is 390 g/mol. The molecule has 1 saturated heterocycles. The van der Waals surface area contributed by atoms with Crippen LogP contribution in [-0.2, 0) is 19.6 Å². The highest BCUT2D eigenvalue weighted by molar-refractivity contribution is 7.90. The molecule has 3 aliphatic rings. The zero-order valence-electron chi connectivity index (χ0n) is 14.8. The van der Waals surface area contributed by atoms with Gasteiger partial charge in [0.2, 0.25) is 11.8 Å². The van der Waals surface area contributed by atoms with E-state index in [-0.39, 0.29) is 29.3 Å². The van der Waals surface area contributed by atoms with Crippen LogP contribution in [0.5, 0.6) is 0 Å². The third kappa shape index (κ3) is 3.69. The largest absolute Gasteiger partial charge is 0.352 e. The number of carbonyl (C=O) groups is 2. The zero-order valence-corrected chi connectivity index (χ0v) is 15.7. The summed E-state index contributed by atoms with van der Waals surface area (Å²) in [6, 6.07) is 6.38. The summed E-state index contributed by atoms with van der Waals surface area (Å²) >= 11 is 0. The van der Waals surface area contributed by atoms with Gasteiger partial charge in [0.05, 0.1) is 6.54 Å². The fraction of sp³-hybridized carbons (Fsp3) is 0.500. The number of nitrogens with zero attached hydrogens (tertiary/aromatic N) is 2. The normalized spacial score (nSPS) is 23.3. The van der Waals surface area contributed by atoms with Crippen molar-refractivity contribution in [3.63, 3.8) is 0 Å². The number of hydrogen-bond acceptors (Lipinski definition) is 5. The highest BCUT2D eigenvalue weighted by Crippen LogP contribution is 2.30. The fourth-order valence-corrected chi connectivity index (χ4v) is 4.76. The summed E-state index contributed by atoms with van der Waals surface area (Å²) in [5.41, 5.74) is 0.531. The zero-order chi connectivity index (χ0) is 19.0. The minimum Gasteiger partial charge on any atom is -0.352 e. The molecule has 1 saturated carbocycles. The van der Waals surface area contributed by atoms with Gasteiger partial charge in [-0.25, -0.2) is 0 Å². The van der Waals surface area contributed by atoms with E-state index in [9.17, 15) is 18.0 Å². The van der Waals surface area contributed by atoms with Crippen molar-refractivity contribution < 1.29 is 18.0 Å². The van der Waals surface area contributed by atoms with E-state index in [1.165, 1.54) is 6.07 Å². The minimum absolute atomic E-state index is 0.0684. The second-order valence-corrected chi connectivity index (χ2v) is 8.72. The van der Waals surface area contributed by atoms with E-state index < -0.39 is 16.1 Å². The SMILES string of the molecule is O=C(CNC(=O)[C@H]1CCCCN1C1=NS(=O)(=O)c2ccccc21)NC1CC1. The molecular formula is C18H22N4O4S. The van der Waals surface area contributed by atoms with Crippen LogP contribution in [0, 0.1) is 0 Å². The van der Waals surface area contributed by atoms with Gasteiger partial charge in [-0.2, -0.15) is 8.42 Å². The van der Waals surface area contributed by atoms with E-state index in [1.807, 2.05) is 0 Å². The molecule has 9 heteroatoms. The standard InChI is InChI=1S/C18H22N4O4S/c23-16(20-12-8-9-12)11-19-18(24)14-6-3-4-10-22(14)17-13-5-1-2-7-15(13)27(25,26)21-17/h1-2,5,7,12,14H,3-4,6,8-11H2,(H,19,24)(H,20,23)/t14-/m1/s1. The molecule has 0 bridgehead atoms. The van der Waals surface area contributed by atoms with E-state index in [2.05, 4.69) is 15.0 Å². The number of piperidine rings is 1. The number of amides is 2. The van der Waals surface area contributed by atoms with Crippen LogP contribution >= 0.6 is 0 Å². The number of amidine groups is 1. The quantitative estimate of drug-likeness (QED) is 0.773. The van der Waals surface area contributed by atoms with Gasteiger partial charge in [-0.05, 0) is 44.2 Å². The van der Waals surface area contributed by atoms with Crippen molar-refractivity contribution in [3.8, 4) is 0 Å². The van der Waals surface area contributed by atoms with Gasteiger partial charge in [-0.15, -0.1) is 4.40 Å². The third-order valence-corrected chi connectivity index (χ3v) is 6.38. The van der Waals surface area contributed by atoms with Crippen LogP contribution in [0.3, 0.4) is 0 Å². The number of fused-ring (bicyclic) bond motifs is 1. The first-order valence-electron chi connectivity index (χ1n) is 9.24. The molecule has 8 nitrogen and oxygen atoms in total. The molecular weight excluding hydrogens is 368 g/mol. The lowest BCUT2D eigenvalue weighted by molar-refractivity contribution is -0.129. The molecule has 1 aliphatic carbocycles. The van der Waals surface area contributed by atoms with E-state index in [0.717, 1.165) is 25.7 Å². The molecule has 2 fully saturated rings. The maximum atomic E-state index is 12.7. The maximum Gasteiger partial charge on any atom is 0.285 e. The molecule has 2 aliphatic heterocycles. The summed E-state index contributed by atoms with van der Waals surface area (Å²) in [5, 5.41) is 5.52.